The number of amides is 1. The summed E-state index contributed by atoms with van der Waals surface area (Å²) in [5, 5.41) is 38.2. The number of likely N-dealkylation sites (tertiary alicyclic amines) is 1. The average Bonchev–Trinajstić information content (AvgIpc) is 3.68. The fourth-order valence-electron chi connectivity index (χ4n) is 7.80. The molecule has 5 aliphatic rings. The molecule has 1 amide bonds. The summed E-state index contributed by atoms with van der Waals surface area (Å²) in [5.74, 6) is -2.28. The Labute approximate surface area is 245 Å². The first-order chi connectivity index (χ1) is 19.5. The van der Waals surface area contributed by atoms with Crippen molar-refractivity contribution in [1.29, 1.82) is 0 Å². The van der Waals surface area contributed by atoms with Gasteiger partial charge >= 0.3 is 11.9 Å². The Kier molecular flexibility index (Phi) is 6.82. The molecule has 2 aromatic carbocycles. The predicted molar refractivity (Wildman–Crippen MR) is 150 cm³/mol. The number of likely N-dealkylation sites (N-methyl/N-ethyl adjacent to an activating group) is 1. The monoisotopic (exact) mass is 628 g/mol. The highest BCUT2D eigenvalue weighted by Crippen LogP contribution is 2.66. The van der Waals surface area contributed by atoms with Gasteiger partial charge in [0, 0.05) is 35.2 Å². The molecule has 218 valence electrons. The van der Waals surface area contributed by atoms with Crippen molar-refractivity contribution < 1.29 is 39.5 Å². The fourth-order valence-corrected chi connectivity index (χ4v) is 8.06. The fraction of sp³-hybridized carbons (Fsp3) is 0.500. The number of hydrogen-bond acceptors (Lipinski definition) is 7. The molecule has 7 rings (SSSR count). The van der Waals surface area contributed by atoms with Gasteiger partial charge in [-0.05, 0) is 86.9 Å². The minimum atomic E-state index is -1.82. The maximum Gasteiger partial charge on any atom is 0.414 e. The van der Waals surface area contributed by atoms with E-state index in [9.17, 15) is 15.0 Å². The van der Waals surface area contributed by atoms with Crippen LogP contribution in [0, 0.1) is 5.92 Å². The van der Waals surface area contributed by atoms with Crippen LogP contribution in [0.4, 0.5) is 0 Å². The van der Waals surface area contributed by atoms with Crippen LogP contribution in [0.15, 0.2) is 40.9 Å². The number of benzene rings is 2. The number of halogens is 1. The largest absolute Gasteiger partial charge is 0.504 e. The van der Waals surface area contributed by atoms with Crippen LogP contribution in [0.1, 0.15) is 53.6 Å². The average molecular weight is 630 g/mol. The van der Waals surface area contributed by atoms with Crippen molar-refractivity contribution in [2.24, 2.45) is 5.92 Å². The van der Waals surface area contributed by atoms with Gasteiger partial charge in [0.25, 0.3) is 5.91 Å². The van der Waals surface area contributed by atoms with Crippen molar-refractivity contribution in [3.8, 4) is 11.5 Å². The molecule has 5 atom stereocenters. The Morgan fingerprint density at radius 2 is 1.73 bits per heavy atom. The first kappa shape index (κ1) is 28.0. The molecule has 4 N–H and O–H groups in total. The van der Waals surface area contributed by atoms with Gasteiger partial charge in [-0.3, -0.25) is 9.69 Å². The molecule has 0 radical (unpaired) electrons. The van der Waals surface area contributed by atoms with E-state index >= 15 is 0 Å². The number of phenolic OH excluding ortho intramolecular Hbond substituents is 1. The van der Waals surface area contributed by atoms with E-state index in [4.69, 9.17) is 24.5 Å². The summed E-state index contributed by atoms with van der Waals surface area (Å²) in [7, 11) is 1.85. The van der Waals surface area contributed by atoms with Gasteiger partial charge in [-0.25, -0.2) is 9.59 Å². The zero-order chi connectivity index (χ0) is 29.3. The Morgan fingerprint density at radius 1 is 1.05 bits per heavy atom. The summed E-state index contributed by atoms with van der Waals surface area (Å²) < 4.78 is 7.54. The van der Waals surface area contributed by atoms with Gasteiger partial charge in [-0.1, -0.05) is 22.0 Å². The van der Waals surface area contributed by atoms with Crippen LogP contribution in [-0.4, -0.2) is 92.0 Å². The van der Waals surface area contributed by atoms with Crippen LogP contribution in [0.3, 0.4) is 0 Å². The Balaban J connectivity index is 0.000000458. The third kappa shape index (κ3) is 4.31. The molecule has 2 saturated carbocycles. The summed E-state index contributed by atoms with van der Waals surface area (Å²) >= 11 is 3.45. The van der Waals surface area contributed by atoms with Crippen LogP contribution in [0.5, 0.6) is 11.5 Å². The van der Waals surface area contributed by atoms with Crippen molar-refractivity contribution in [2.75, 3.05) is 20.1 Å². The second kappa shape index (κ2) is 9.99. The van der Waals surface area contributed by atoms with Gasteiger partial charge in [-0.15, -0.1) is 0 Å². The SMILES string of the molecule is CN(C(=O)c1ccc(Br)cc1)[C@H]1CC[C@@]2(O)[C@H]3Cc4ccc(O)c5c4C2(CCN3CC2CC2)[C@H]1O5.O=C(O)C(=O)O. The summed E-state index contributed by atoms with van der Waals surface area (Å²) in [4.78, 5) is 36.1. The first-order valence-corrected chi connectivity index (χ1v) is 14.7. The zero-order valence-corrected chi connectivity index (χ0v) is 24.2. The maximum atomic E-state index is 13.5. The molecule has 2 aliphatic heterocycles. The van der Waals surface area contributed by atoms with Crippen molar-refractivity contribution in [2.45, 2.75) is 67.7 Å². The third-order valence-electron chi connectivity index (χ3n) is 9.82. The highest BCUT2D eigenvalue weighted by molar-refractivity contribution is 9.10. The topological polar surface area (TPSA) is 148 Å². The molecule has 11 heteroatoms. The van der Waals surface area contributed by atoms with E-state index in [1.54, 1.807) is 6.07 Å². The van der Waals surface area contributed by atoms with Gasteiger partial charge in [-0.2, -0.15) is 0 Å². The van der Waals surface area contributed by atoms with E-state index in [1.807, 2.05) is 42.3 Å². The number of hydrogen-bond donors (Lipinski definition) is 4. The van der Waals surface area contributed by atoms with Crippen LogP contribution in [-0.2, 0) is 21.4 Å². The van der Waals surface area contributed by atoms with E-state index < -0.39 is 29.1 Å². The Morgan fingerprint density at radius 3 is 2.37 bits per heavy atom. The number of rotatable bonds is 4. The number of aromatic hydroxyl groups is 1. The lowest BCUT2D eigenvalue weighted by Gasteiger charge is -2.64. The smallest absolute Gasteiger partial charge is 0.414 e. The lowest BCUT2D eigenvalue weighted by molar-refractivity contribution is -0.197. The van der Waals surface area contributed by atoms with Crippen LogP contribution in [0.25, 0.3) is 0 Å². The minimum Gasteiger partial charge on any atom is -0.504 e. The second-order valence-electron chi connectivity index (χ2n) is 11.9. The molecule has 3 fully saturated rings. The molecule has 2 aromatic rings. The molecule has 1 unspecified atom stereocenters. The van der Waals surface area contributed by atoms with Crippen LogP contribution >= 0.6 is 15.9 Å². The number of ether oxygens (including phenoxy) is 1. The lowest BCUT2D eigenvalue weighted by atomic mass is 9.48. The summed E-state index contributed by atoms with van der Waals surface area (Å²) in [5.41, 5.74) is 1.26. The number of aliphatic hydroxyl groups is 1. The molecule has 10 nitrogen and oxygen atoms in total. The maximum absolute atomic E-state index is 13.5. The van der Waals surface area contributed by atoms with E-state index in [1.165, 1.54) is 18.4 Å². The molecule has 3 aliphatic carbocycles. The number of carboxylic acids is 2. The number of carbonyl (C=O) groups is 3. The summed E-state index contributed by atoms with van der Waals surface area (Å²) in [6.07, 6.45) is 5.03. The van der Waals surface area contributed by atoms with Gasteiger partial charge in [0.1, 0.15) is 6.10 Å². The molecule has 1 saturated heterocycles. The van der Waals surface area contributed by atoms with Crippen molar-refractivity contribution in [3.63, 3.8) is 0 Å². The zero-order valence-electron chi connectivity index (χ0n) is 22.6. The standard InChI is InChI=1S/C28H31BrN2O4.C2H2O4/c1-30(26(33)17-4-7-19(29)8-5-17)20-10-11-28(34)22-14-18-6-9-21(32)24-23(18)27(28,25(20)35-24)12-13-31(22)15-16-2-3-16;3-1(4)2(5)6/h4-9,16,20,22,25,32,34H,2-3,10-15H2,1H3;(H,3,4)(H,5,6)/t20-,22+,25-,27?,28+;/m0./s1. The number of carboxylic acid groups (broad SMARTS) is 2. The number of aliphatic carboxylic acids is 2. The normalized spacial score (nSPS) is 30.8. The molecule has 2 heterocycles. The van der Waals surface area contributed by atoms with E-state index in [-0.39, 0.29) is 23.7 Å². The van der Waals surface area contributed by atoms with E-state index in [0.717, 1.165) is 41.9 Å². The number of nitrogens with zero attached hydrogens (tertiary/aromatic N) is 2. The number of piperidine rings is 1. The van der Waals surface area contributed by atoms with Gasteiger partial charge in [0.05, 0.1) is 17.1 Å². The van der Waals surface area contributed by atoms with Crippen molar-refractivity contribution >= 4 is 33.8 Å². The molecular formula is C30H33BrN2O8. The highest BCUT2D eigenvalue weighted by atomic mass is 79.9. The Hall–Kier alpha value is -3.15. The molecule has 0 aromatic heterocycles. The van der Waals surface area contributed by atoms with Gasteiger partial charge in [0.2, 0.25) is 0 Å². The van der Waals surface area contributed by atoms with Gasteiger partial charge < -0.3 is 30.1 Å². The summed E-state index contributed by atoms with van der Waals surface area (Å²) in [6, 6.07) is 11.0. The second-order valence-corrected chi connectivity index (χ2v) is 12.8. The summed E-state index contributed by atoms with van der Waals surface area (Å²) in [6.45, 7) is 1.97. The Bertz CT molecular complexity index is 1400. The van der Waals surface area contributed by atoms with E-state index in [2.05, 4.69) is 20.8 Å². The number of phenols is 1. The number of carbonyl (C=O) groups excluding carboxylic acids is 1. The highest BCUT2D eigenvalue weighted by Gasteiger charge is 2.73. The molecular weight excluding hydrogens is 596 g/mol. The predicted octanol–water partition coefficient (Wildman–Crippen LogP) is 3.02. The first-order valence-electron chi connectivity index (χ1n) is 13.9. The molecule has 41 heavy (non-hydrogen) atoms. The van der Waals surface area contributed by atoms with Crippen molar-refractivity contribution in [3.05, 3.63) is 57.6 Å². The van der Waals surface area contributed by atoms with Crippen molar-refractivity contribution in [1.82, 2.24) is 9.80 Å². The third-order valence-corrected chi connectivity index (χ3v) is 10.4. The van der Waals surface area contributed by atoms with E-state index in [0.29, 0.717) is 24.2 Å². The van der Waals surface area contributed by atoms with Gasteiger partial charge in [0.15, 0.2) is 11.5 Å². The van der Waals surface area contributed by atoms with Crippen LogP contribution in [0.2, 0.25) is 0 Å². The van der Waals surface area contributed by atoms with Crippen LogP contribution < -0.4 is 4.74 Å². The lowest BCUT2D eigenvalue weighted by Crippen LogP contribution is -2.78. The molecule has 1 spiro atoms. The minimum absolute atomic E-state index is 0.0411. The molecule has 2 bridgehead atoms. The quantitative estimate of drug-likeness (QED) is 0.375.